The molecule has 2 aromatic carbocycles. The van der Waals surface area contributed by atoms with E-state index in [1.165, 1.54) is 35.9 Å². The number of halogens is 3. The summed E-state index contributed by atoms with van der Waals surface area (Å²) in [6.45, 7) is -0.288. The molecule has 0 fully saturated rings. The van der Waals surface area contributed by atoms with Gasteiger partial charge in [0, 0.05) is 24.4 Å². The summed E-state index contributed by atoms with van der Waals surface area (Å²) in [5, 5.41) is 5.12. The minimum absolute atomic E-state index is 0.201. The molecule has 11 heteroatoms. The molecule has 2 amide bonds. The molecule has 7 nitrogen and oxygen atoms in total. The van der Waals surface area contributed by atoms with E-state index in [-0.39, 0.29) is 16.5 Å². The zero-order chi connectivity index (χ0) is 22.4. The van der Waals surface area contributed by atoms with Crippen LogP contribution in [0.15, 0.2) is 59.5 Å². The highest BCUT2D eigenvalue weighted by atomic mass is 32.2. The van der Waals surface area contributed by atoms with Crippen LogP contribution in [0, 0.1) is 0 Å². The molecule has 0 radical (unpaired) electrons. The van der Waals surface area contributed by atoms with Crippen molar-refractivity contribution >= 4 is 39.3 Å². The predicted octanol–water partition coefficient (Wildman–Crippen LogP) is 3.14. The summed E-state index contributed by atoms with van der Waals surface area (Å²) < 4.78 is 61.6. The Bertz CT molecular complexity index is 1030. The van der Waals surface area contributed by atoms with E-state index < -0.39 is 28.7 Å². The summed E-state index contributed by atoms with van der Waals surface area (Å²) in [5.74, 6) is -0.695. The minimum Gasteiger partial charge on any atom is -0.326 e. The average Bonchev–Trinajstić information content (AvgIpc) is 2.65. The van der Waals surface area contributed by atoms with Gasteiger partial charge in [0.25, 0.3) is 0 Å². The van der Waals surface area contributed by atoms with Gasteiger partial charge in [0.05, 0.1) is 4.90 Å². The van der Waals surface area contributed by atoms with Gasteiger partial charge in [-0.2, -0.15) is 13.2 Å². The van der Waals surface area contributed by atoms with E-state index in [0.29, 0.717) is 11.3 Å². The van der Waals surface area contributed by atoms with E-state index in [1.807, 2.05) is 0 Å². The zero-order valence-corrected chi connectivity index (χ0v) is 16.5. The Morgan fingerprint density at radius 3 is 2.00 bits per heavy atom. The number of hydrogen-bond donors (Lipinski definition) is 3. The number of amides is 2. The van der Waals surface area contributed by atoms with E-state index >= 15 is 0 Å². The lowest BCUT2D eigenvalue weighted by Crippen LogP contribution is -2.33. The molecule has 0 saturated carbocycles. The number of rotatable bonds is 7. The molecule has 160 valence electrons. The maximum atomic E-state index is 12.2. The van der Waals surface area contributed by atoms with Gasteiger partial charge in [0.1, 0.15) is 6.54 Å². The van der Waals surface area contributed by atoms with Crippen LogP contribution in [0.25, 0.3) is 6.08 Å². The molecule has 0 saturated heterocycles. The van der Waals surface area contributed by atoms with Crippen molar-refractivity contribution < 1.29 is 31.2 Å². The summed E-state index contributed by atoms with van der Waals surface area (Å²) in [6.07, 6.45) is -1.88. The van der Waals surface area contributed by atoms with Gasteiger partial charge in [-0.1, -0.05) is 12.1 Å². The first kappa shape index (κ1) is 23.1. The molecule has 0 aliphatic carbocycles. The smallest absolute Gasteiger partial charge is 0.326 e. The summed E-state index contributed by atoms with van der Waals surface area (Å²) >= 11 is 0. The minimum atomic E-state index is -4.67. The number of sulfonamides is 1. The van der Waals surface area contributed by atoms with Crippen LogP contribution >= 0.6 is 0 Å². The highest BCUT2D eigenvalue weighted by molar-refractivity contribution is 7.89. The Morgan fingerprint density at radius 1 is 0.933 bits per heavy atom. The fourth-order valence-corrected chi connectivity index (χ4v) is 3.23. The van der Waals surface area contributed by atoms with Crippen molar-refractivity contribution in [3.63, 3.8) is 0 Å². The van der Waals surface area contributed by atoms with Crippen molar-refractivity contribution in [2.45, 2.75) is 18.0 Å². The van der Waals surface area contributed by atoms with E-state index in [4.69, 9.17) is 0 Å². The average molecular weight is 441 g/mol. The molecule has 0 bridgehead atoms. The molecule has 30 heavy (non-hydrogen) atoms. The maximum absolute atomic E-state index is 12.2. The number of benzene rings is 2. The summed E-state index contributed by atoms with van der Waals surface area (Å²) in [4.78, 5) is 22.6. The van der Waals surface area contributed by atoms with Crippen molar-refractivity contribution in [2.75, 3.05) is 17.2 Å². The largest absolute Gasteiger partial charge is 0.402 e. The van der Waals surface area contributed by atoms with E-state index in [1.54, 1.807) is 24.3 Å². The summed E-state index contributed by atoms with van der Waals surface area (Å²) in [7, 11) is -4.32. The fraction of sp³-hybridized carbons (Fsp3) is 0.158. The van der Waals surface area contributed by atoms with Gasteiger partial charge in [-0.25, -0.2) is 13.1 Å². The maximum Gasteiger partial charge on any atom is 0.402 e. The number of carbonyl (C=O) groups excluding carboxylic acids is 2. The third kappa shape index (κ3) is 7.68. The molecular formula is C19H18F3N3O4S. The van der Waals surface area contributed by atoms with Crippen LogP contribution in [-0.2, 0) is 19.6 Å². The standard InChI is InChI=1S/C19H18F3N3O4S/c1-13(26)24-15-5-2-14(3-6-15)4-11-18(27)25-16-7-9-17(10-8-16)30(28,29)23-12-19(20,21)22/h2-11,23H,12H2,1H3,(H,24,26)(H,25,27)/b11-4+. The summed E-state index contributed by atoms with van der Waals surface area (Å²) in [5.41, 5.74) is 1.58. The molecule has 0 unspecified atom stereocenters. The molecule has 0 aromatic heterocycles. The number of carbonyl (C=O) groups is 2. The number of anilines is 2. The molecular weight excluding hydrogens is 423 g/mol. The highest BCUT2D eigenvalue weighted by Gasteiger charge is 2.30. The second-order valence-electron chi connectivity index (χ2n) is 6.09. The van der Waals surface area contributed by atoms with Crippen molar-refractivity contribution in [2.24, 2.45) is 0 Å². The molecule has 0 aliphatic rings. The lowest BCUT2D eigenvalue weighted by atomic mass is 10.2. The number of alkyl halides is 3. The van der Waals surface area contributed by atoms with Crippen LogP contribution in [0.1, 0.15) is 12.5 Å². The quantitative estimate of drug-likeness (QED) is 0.574. The van der Waals surface area contributed by atoms with Gasteiger partial charge in [0.15, 0.2) is 0 Å². The lowest BCUT2D eigenvalue weighted by molar-refractivity contribution is -0.121. The van der Waals surface area contributed by atoms with Crippen molar-refractivity contribution in [1.29, 1.82) is 0 Å². The second-order valence-corrected chi connectivity index (χ2v) is 7.86. The molecule has 0 spiro atoms. The van der Waals surface area contributed by atoms with E-state index in [9.17, 15) is 31.2 Å². The Balaban J connectivity index is 1.95. The van der Waals surface area contributed by atoms with Crippen molar-refractivity contribution in [1.82, 2.24) is 4.72 Å². The van der Waals surface area contributed by atoms with Crippen LogP contribution in [0.2, 0.25) is 0 Å². The normalized spacial score (nSPS) is 12.0. The predicted molar refractivity (Wildman–Crippen MR) is 106 cm³/mol. The third-order valence-corrected chi connectivity index (χ3v) is 4.97. The van der Waals surface area contributed by atoms with Crippen LogP contribution in [-0.4, -0.2) is 33.0 Å². The van der Waals surface area contributed by atoms with Gasteiger partial charge >= 0.3 is 6.18 Å². The Morgan fingerprint density at radius 2 is 1.47 bits per heavy atom. The first-order valence-corrected chi connectivity index (χ1v) is 9.96. The molecule has 3 N–H and O–H groups in total. The molecule has 2 rings (SSSR count). The van der Waals surface area contributed by atoms with Crippen LogP contribution in [0.3, 0.4) is 0 Å². The second kappa shape index (κ2) is 9.55. The van der Waals surface area contributed by atoms with Gasteiger partial charge in [-0.15, -0.1) is 0 Å². The zero-order valence-electron chi connectivity index (χ0n) is 15.7. The highest BCUT2D eigenvalue weighted by Crippen LogP contribution is 2.17. The van der Waals surface area contributed by atoms with Crippen molar-refractivity contribution in [3.8, 4) is 0 Å². The SMILES string of the molecule is CC(=O)Nc1ccc(/C=C/C(=O)Nc2ccc(S(=O)(=O)NCC(F)(F)F)cc2)cc1. The van der Waals surface area contributed by atoms with Crippen LogP contribution in [0.4, 0.5) is 24.5 Å². The van der Waals surface area contributed by atoms with Crippen molar-refractivity contribution in [3.05, 3.63) is 60.2 Å². The first-order chi connectivity index (χ1) is 13.9. The molecule has 0 heterocycles. The van der Waals surface area contributed by atoms with Gasteiger partial charge in [-0.3, -0.25) is 9.59 Å². The fourth-order valence-electron chi connectivity index (χ4n) is 2.21. The Kier molecular flexibility index (Phi) is 7.35. The monoisotopic (exact) mass is 441 g/mol. The van der Waals surface area contributed by atoms with Crippen LogP contribution in [0.5, 0.6) is 0 Å². The topological polar surface area (TPSA) is 104 Å². The van der Waals surface area contributed by atoms with Gasteiger partial charge < -0.3 is 10.6 Å². The van der Waals surface area contributed by atoms with E-state index in [2.05, 4.69) is 10.6 Å². The van der Waals surface area contributed by atoms with Gasteiger partial charge in [0.2, 0.25) is 21.8 Å². The number of nitrogens with one attached hydrogen (secondary N) is 3. The van der Waals surface area contributed by atoms with E-state index in [0.717, 1.165) is 12.1 Å². The molecule has 0 atom stereocenters. The summed E-state index contributed by atoms with van der Waals surface area (Å²) in [6, 6.07) is 11.4. The molecule has 0 aliphatic heterocycles. The first-order valence-electron chi connectivity index (χ1n) is 8.48. The van der Waals surface area contributed by atoms with Gasteiger partial charge in [-0.05, 0) is 48.0 Å². The number of hydrogen-bond acceptors (Lipinski definition) is 4. The Labute approximate surface area is 171 Å². The third-order valence-electron chi connectivity index (χ3n) is 3.55. The Hall–Kier alpha value is -3.18. The van der Waals surface area contributed by atoms with Crippen LogP contribution < -0.4 is 15.4 Å². The molecule has 2 aromatic rings. The lowest BCUT2D eigenvalue weighted by Gasteiger charge is -2.10.